The summed E-state index contributed by atoms with van der Waals surface area (Å²) in [6, 6.07) is 4.30. The van der Waals surface area contributed by atoms with Gasteiger partial charge in [-0.2, -0.15) is 0 Å². The molecule has 106 valence electrons. The molecule has 1 aliphatic carbocycles. The molecule has 1 fully saturated rings. The number of carboxylic acid groups (broad SMARTS) is 1. The molecule has 1 N–H and O–H groups in total. The molecule has 0 amide bonds. The van der Waals surface area contributed by atoms with Crippen LogP contribution in [0.2, 0.25) is 0 Å². The van der Waals surface area contributed by atoms with Crippen molar-refractivity contribution >= 4 is 28.9 Å². The summed E-state index contributed by atoms with van der Waals surface area (Å²) in [5.41, 5.74) is 2.69. The van der Waals surface area contributed by atoms with E-state index in [1.165, 1.54) is 11.8 Å². The number of hydrogen-bond acceptors (Lipinski definition) is 4. The standard InChI is InChI=1S/C14H17N3O2S/c1-8-5-10(6-8)17-13-11(4-3-9(2)15-13)16-14(17)20-7-12(18)19/h3-4,8,10H,5-7H2,1-2H3,(H,18,19). The van der Waals surface area contributed by atoms with E-state index in [2.05, 4.69) is 21.5 Å². The van der Waals surface area contributed by atoms with Crippen LogP contribution in [0.4, 0.5) is 0 Å². The molecule has 0 atom stereocenters. The van der Waals surface area contributed by atoms with Gasteiger partial charge < -0.3 is 9.67 Å². The predicted octanol–water partition coefficient (Wildman–Crippen LogP) is 2.89. The molecule has 2 heterocycles. The van der Waals surface area contributed by atoms with Crippen LogP contribution in [-0.4, -0.2) is 31.4 Å². The Bertz CT molecular complexity index is 662. The fraction of sp³-hybridized carbons (Fsp3) is 0.500. The fourth-order valence-electron chi connectivity index (χ4n) is 2.68. The van der Waals surface area contributed by atoms with Crippen LogP contribution < -0.4 is 0 Å². The molecule has 0 bridgehead atoms. The summed E-state index contributed by atoms with van der Waals surface area (Å²) in [6.07, 6.45) is 2.23. The van der Waals surface area contributed by atoms with Crippen molar-refractivity contribution in [2.24, 2.45) is 5.92 Å². The van der Waals surface area contributed by atoms with E-state index in [1.54, 1.807) is 0 Å². The average Bonchev–Trinajstić information content (AvgIpc) is 2.70. The smallest absolute Gasteiger partial charge is 0.313 e. The summed E-state index contributed by atoms with van der Waals surface area (Å²) >= 11 is 1.28. The van der Waals surface area contributed by atoms with Crippen LogP contribution in [0.15, 0.2) is 17.3 Å². The zero-order chi connectivity index (χ0) is 14.3. The summed E-state index contributed by atoms with van der Waals surface area (Å²) in [5, 5.41) is 9.64. The van der Waals surface area contributed by atoms with Crippen molar-refractivity contribution in [1.82, 2.24) is 14.5 Å². The van der Waals surface area contributed by atoms with Gasteiger partial charge in [0.05, 0.1) is 5.75 Å². The highest BCUT2D eigenvalue weighted by molar-refractivity contribution is 7.99. The summed E-state index contributed by atoms with van der Waals surface area (Å²) < 4.78 is 2.13. The number of aryl methyl sites for hydroxylation is 1. The van der Waals surface area contributed by atoms with Crippen LogP contribution >= 0.6 is 11.8 Å². The van der Waals surface area contributed by atoms with Crippen LogP contribution in [-0.2, 0) is 4.79 Å². The van der Waals surface area contributed by atoms with Crippen molar-refractivity contribution in [1.29, 1.82) is 0 Å². The summed E-state index contributed by atoms with van der Waals surface area (Å²) in [7, 11) is 0. The minimum Gasteiger partial charge on any atom is -0.481 e. The second-order valence-corrected chi connectivity index (χ2v) is 6.42. The summed E-state index contributed by atoms with van der Waals surface area (Å²) in [4.78, 5) is 19.9. The molecule has 1 saturated carbocycles. The molecule has 0 unspecified atom stereocenters. The maximum atomic E-state index is 10.8. The van der Waals surface area contributed by atoms with Gasteiger partial charge >= 0.3 is 5.97 Å². The van der Waals surface area contributed by atoms with E-state index in [0.29, 0.717) is 6.04 Å². The van der Waals surface area contributed by atoms with Crippen LogP contribution in [0.5, 0.6) is 0 Å². The Hall–Kier alpha value is -1.56. The second kappa shape index (κ2) is 5.09. The Kier molecular flexibility index (Phi) is 3.41. The number of aliphatic carboxylic acids is 1. The Morgan fingerprint density at radius 2 is 2.20 bits per heavy atom. The van der Waals surface area contributed by atoms with Crippen LogP contribution in [0.1, 0.15) is 31.5 Å². The number of fused-ring (bicyclic) bond motifs is 1. The number of aromatic nitrogens is 3. The van der Waals surface area contributed by atoms with Crippen molar-refractivity contribution < 1.29 is 9.90 Å². The van der Waals surface area contributed by atoms with Crippen molar-refractivity contribution in [3.63, 3.8) is 0 Å². The number of pyridine rings is 1. The highest BCUT2D eigenvalue weighted by atomic mass is 32.2. The zero-order valence-electron chi connectivity index (χ0n) is 11.5. The molecule has 0 spiro atoms. The topological polar surface area (TPSA) is 68.0 Å². The first kappa shape index (κ1) is 13.4. The Balaban J connectivity index is 2.03. The number of nitrogens with zero attached hydrogens (tertiary/aromatic N) is 3. The normalized spacial score (nSPS) is 21.9. The molecule has 0 aliphatic heterocycles. The maximum Gasteiger partial charge on any atom is 0.313 e. The van der Waals surface area contributed by atoms with Gasteiger partial charge in [0.1, 0.15) is 5.52 Å². The lowest BCUT2D eigenvalue weighted by Crippen LogP contribution is -2.25. The largest absolute Gasteiger partial charge is 0.481 e. The van der Waals surface area contributed by atoms with Crippen LogP contribution in [0.25, 0.3) is 11.2 Å². The Morgan fingerprint density at radius 3 is 2.85 bits per heavy atom. The van der Waals surface area contributed by atoms with E-state index < -0.39 is 5.97 Å². The minimum absolute atomic E-state index is 0.0323. The lowest BCUT2D eigenvalue weighted by molar-refractivity contribution is -0.133. The number of imidazole rings is 1. The Morgan fingerprint density at radius 1 is 1.45 bits per heavy atom. The first-order chi connectivity index (χ1) is 9.54. The summed E-state index contributed by atoms with van der Waals surface area (Å²) in [5.74, 6) is -0.0655. The molecule has 5 nitrogen and oxygen atoms in total. The van der Waals surface area contributed by atoms with E-state index >= 15 is 0 Å². The monoisotopic (exact) mass is 291 g/mol. The van der Waals surface area contributed by atoms with Crippen molar-refractivity contribution in [3.05, 3.63) is 17.8 Å². The molecule has 3 rings (SSSR count). The van der Waals surface area contributed by atoms with Gasteiger partial charge in [-0.3, -0.25) is 4.79 Å². The van der Waals surface area contributed by atoms with Crippen LogP contribution in [0, 0.1) is 12.8 Å². The van der Waals surface area contributed by atoms with E-state index in [9.17, 15) is 4.79 Å². The quantitative estimate of drug-likeness (QED) is 0.877. The molecule has 2 aromatic rings. The van der Waals surface area contributed by atoms with Gasteiger partial charge in [0, 0.05) is 11.7 Å². The van der Waals surface area contributed by atoms with Gasteiger partial charge in [-0.15, -0.1) is 0 Å². The first-order valence-electron chi connectivity index (χ1n) is 6.74. The number of rotatable bonds is 4. The van der Waals surface area contributed by atoms with E-state index in [-0.39, 0.29) is 5.75 Å². The Labute approximate surface area is 121 Å². The molecule has 0 saturated heterocycles. The molecule has 0 radical (unpaired) electrons. The molecule has 2 aromatic heterocycles. The first-order valence-corrected chi connectivity index (χ1v) is 7.73. The molecular formula is C14H17N3O2S. The van der Waals surface area contributed by atoms with Gasteiger partial charge in [-0.25, -0.2) is 9.97 Å². The summed E-state index contributed by atoms with van der Waals surface area (Å²) in [6.45, 7) is 4.20. The zero-order valence-corrected chi connectivity index (χ0v) is 12.4. The average molecular weight is 291 g/mol. The van der Waals surface area contributed by atoms with Gasteiger partial charge in [-0.1, -0.05) is 18.7 Å². The predicted molar refractivity (Wildman–Crippen MR) is 78.1 cm³/mol. The second-order valence-electron chi connectivity index (χ2n) is 5.47. The van der Waals surface area contributed by atoms with Crippen LogP contribution in [0.3, 0.4) is 0 Å². The number of thioether (sulfide) groups is 1. The van der Waals surface area contributed by atoms with Gasteiger partial charge in [-0.05, 0) is 37.8 Å². The molecule has 20 heavy (non-hydrogen) atoms. The van der Waals surface area contributed by atoms with Gasteiger partial charge in [0.25, 0.3) is 0 Å². The fourth-order valence-corrected chi connectivity index (χ4v) is 3.47. The third-order valence-electron chi connectivity index (χ3n) is 3.68. The number of carbonyl (C=O) groups is 1. The van der Waals surface area contributed by atoms with Crippen molar-refractivity contribution in [2.75, 3.05) is 5.75 Å². The highest BCUT2D eigenvalue weighted by Gasteiger charge is 2.30. The SMILES string of the molecule is Cc1ccc2nc(SCC(=O)O)n(C3CC(C)C3)c2n1. The molecule has 6 heteroatoms. The molecule has 0 aromatic carbocycles. The highest BCUT2D eigenvalue weighted by Crippen LogP contribution is 2.41. The third kappa shape index (κ3) is 2.40. The van der Waals surface area contributed by atoms with E-state index in [4.69, 9.17) is 5.11 Å². The van der Waals surface area contributed by atoms with E-state index in [0.717, 1.165) is 40.8 Å². The van der Waals surface area contributed by atoms with Gasteiger partial charge in [0.2, 0.25) is 0 Å². The third-order valence-corrected chi connectivity index (χ3v) is 4.62. The van der Waals surface area contributed by atoms with Crippen molar-refractivity contribution in [3.8, 4) is 0 Å². The van der Waals surface area contributed by atoms with E-state index in [1.807, 2.05) is 19.1 Å². The lowest BCUT2D eigenvalue weighted by atomic mass is 9.82. The maximum absolute atomic E-state index is 10.8. The molecular weight excluding hydrogens is 274 g/mol. The van der Waals surface area contributed by atoms with Crippen molar-refractivity contribution in [2.45, 2.75) is 37.9 Å². The molecule has 1 aliphatic rings. The number of hydrogen-bond donors (Lipinski definition) is 1. The number of carboxylic acids is 1. The minimum atomic E-state index is -0.820. The lowest BCUT2D eigenvalue weighted by Gasteiger charge is -2.34. The van der Waals surface area contributed by atoms with Gasteiger partial charge in [0.15, 0.2) is 10.8 Å².